The van der Waals surface area contributed by atoms with Gasteiger partial charge in [-0.05, 0) is 18.6 Å². The molecule has 14 heavy (non-hydrogen) atoms. The number of hydrogen-bond acceptors (Lipinski definition) is 2. The second kappa shape index (κ2) is 3.83. The summed E-state index contributed by atoms with van der Waals surface area (Å²) in [7, 11) is 0. The Labute approximate surface area is 94.9 Å². The molecule has 0 atom stereocenters. The van der Waals surface area contributed by atoms with Gasteiger partial charge in [-0.1, -0.05) is 28.1 Å². The number of carbonyl (C=O) groups excluding carboxylic acids is 1. The number of carbonyl (C=O) groups is 1. The predicted octanol–water partition coefficient (Wildman–Crippen LogP) is 3.92. The van der Waals surface area contributed by atoms with Crippen LogP contribution in [0.4, 0.5) is 0 Å². The number of rotatable bonds is 2. The third kappa shape index (κ3) is 1.51. The van der Waals surface area contributed by atoms with E-state index in [1.807, 2.05) is 12.1 Å². The first-order chi connectivity index (χ1) is 6.76. The van der Waals surface area contributed by atoms with Crippen molar-refractivity contribution in [1.29, 1.82) is 0 Å². The summed E-state index contributed by atoms with van der Waals surface area (Å²) >= 11 is 5.18. The van der Waals surface area contributed by atoms with Crippen molar-refractivity contribution in [3.63, 3.8) is 0 Å². The Morgan fingerprint density at radius 1 is 1.50 bits per heavy atom. The van der Waals surface area contributed by atoms with Gasteiger partial charge in [0.05, 0.1) is 0 Å². The largest absolute Gasteiger partial charge is 0.298 e. The molecule has 1 aromatic heterocycles. The van der Waals surface area contributed by atoms with Gasteiger partial charge in [0.25, 0.3) is 0 Å². The monoisotopic (exact) mass is 268 g/mol. The van der Waals surface area contributed by atoms with Crippen LogP contribution in [-0.4, -0.2) is 6.29 Å². The highest BCUT2D eigenvalue weighted by Crippen LogP contribution is 2.31. The Morgan fingerprint density at radius 3 is 2.93 bits per heavy atom. The minimum Gasteiger partial charge on any atom is -0.298 e. The van der Waals surface area contributed by atoms with E-state index in [1.165, 1.54) is 15.1 Å². The normalized spacial score (nSPS) is 10.7. The Balaban J connectivity index is 2.81. The Kier molecular flexibility index (Phi) is 2.70. The number of hydrogen-bond donors (Lipinski definition) is 0. The SMILES string of the molecule is Cc1ccc(C=O)c2cc(CBr)sc12. The third-order valence-electron chi connectivity index (χ3n) is 2.22. The highest BCUT2D eigenvalue weighted by molar-refractivity contribution is 9.08. The van der Waals surface area contributed by atoms with E-state index in [1.54, 1.807) is 11.3 Å². The first kappa shape index (κ1) is 9.87. The maximum atomic E-state index is 10.8. The molecular formula is C11H9BrOS. The van der Waals surface area contributed by atoms with Crippen molar-refractivity contribution in [2.75, 3.05) is 0 Å². The second-order valence-electron chi connectivity index (χ2n) is 3.18. The van der Waals surface area contributed by atoms with E-state index in [-0.39, 0.29) is 0 Å². The Hall–Kier alpha value is -0.670. The molecule has 0 aliphatic rings. The average molecular weight is 269 g/mol. The van der Waals surface area contributed by atoms with Crippen LogP contribution in [0.15, 0.2) is 18.2 Å². The number of alkyl halides is 1. The van der Waals surface area contributed by atoms with Gasteiger partial charge in [0.15, 0.2) is 6.29 Å². The van der Waals surface area contributed by atoms with Crippen LogP contribution in [0, 0.1) is 6.92 Å². The first-order valence-corrected chi connectivity index (χ1v) is 6.23. The Morgan fingerprint density at radius 2 is 2.29 bits per heavy atom. The molecule has 1 aromatic carbocycles. The molecule has 72 valence electrons. The van der Waals surface area contributed by atoms with Crippen molar-refractivity contribution >= 4 is 43.6 Å². The minimum atomic E-state index is 0.786. The maximum Gasteiger partial charge on any atom is 0.150 e. The summed E-state index contributed by atoms with van der Waals surface area (Å²) < 4.78 is 1.23. The molecule has 2 aromatic rings. The van der Waals surface area contributed by atoms with Crippen LogP contribution in [0.5, 0.6) is 0 Å². The lowest BCUT2D eigenvalue weighted by Crippen LogP contribution is -1.81. The number of aldehydes is 1. The van der Waals surface area contributed by atoms with Crippen molar-refractivity contribution < 1.29 is 4.79 Å². The molecule has 1 heterocycles. The third-order valence-corrected chi connectivity index (χ3v) is 4.47. The van der Waals surface area contributed by atoms with Gasteiger partial charge >= 0.3 is 0 Å². The van der Waals surface area contributed by atoms with Crippen LogP contribution >= 0.6 is 27.3 Å². The lowest BCUT2D eigenvalue weighted by molar-refractivity contribution is 0.112. The summed E-state index contributed by atoms with van der Waals surface area (Å²) in [6.45, 7) is 2.07. The molecule has 0 fully saturated rings. The fraction of sp³-hybridized carbons (Fsp3) is 0.182. The van der Waals surface area contributed by atoms with Gasteiger partial charge in [0.1, 0.15) is 0 Å². The average Bonchev–Trinajstić information content (AvgIpc) is 2.63. The molecule has 0 amide bonds. The molecule has 3 heteroatoms. The first-order valence-electron chi connectivity index (χ1n) is 4.29. The van der Waals surface area contributed by atoms with Crippen LogP contribution < -0.4 is 0 Å². The highest BCUT2D eigenvalue weighted by Gasteiger charge is 2.07. The zero-order chi connectivity index (χ0) is 10.1. The summed E-state index contributed by atoms with van der Waals surface area (Å²) in [6, 6.07) is 5.97. The molecule has 0 spiro atoms. The van der Waals surface area contributed by atoms with Crippen molar-refractivity contribution in [3.05, 3.63) is 34.2 Å². The van der Waals surface area contributed by atoms with Crippen LogP contribution in [-0.2, 0) is 5.33 Å². The number of thiophene rings is 1. The van der Waals surface area contributed by atoms with E-state index in [0.717, 1.165) is 22.6 Å². The van der Waals surface area contributed by atoms with Gasteiger partial charge in [-0.15, -0.1) is 11.3 Å². The van der Waals surface area contributed by atoms with E-state index in [9.17, 15) is 4.79 Å². The topological polar surface area (TPSA) is 17.1 Å². The summed E-state index contributed by atoms with van der Waals surface area (Å²) in [6.07, 6.45) is 0.923. The number of fused-ring (bicyclic) bond motifs is 1. The highest BCUT2D eigenvalue weighted by atomic mass is 79.9. The number of aryl methyl sites for hydroxylation is 1. The lowest BCUT2D eigenvalue weighted by atomic mass is 10.1. The maximum absolute atomic E-state index is 10.8. The zero-order valence-electron chi connectivity index (χ0n) is 7.71. The molecule has 0 saturated heterocycles. The fourth-order valence-electron chi connectivity index (χ4n) is 1.50. The Bertz CT molecular complexity index is 487. The standard InChI is InChI=1S/C11H9BrOS/c1-7-2-3-8(6-13)10-4-9(5-12)14-11(7)10/h2-4,6H,5H2,1H3. The van der Waals surface area contributed by atoms with Gasteiger partial charge in [0, 0.05) is 25.9 Å². The molecule has 0 N–H and O–H groups in total. The van der Waals surface area contributed by atoms with Gasteiger partial charge in [-0.2, -0.15) is 0 Å². The van der Waals surface area contributed by atoms with Gasteiger partial charge < -0.3 is 0 Å². The predicted molar refractivity (Wildman–Crippen MR) is 64.6 cm³/mol. The van der Waals surface area contributed by atoms with E-state index in [0.29, 0.717) is 0 Å². The smallest absolute Gasteiger partial charge is 0.150 e. The van der Waals surface area contributed by atoms with Gasteiger partial charge in [0.2, 0.25) is 0 Å². The minimum absolute atomic E-state index is 0.786. The second-order valence-corrected chi connectivity index (χ2v) is 4.88. The molecule has 0 saturated carbocycles. The molecule has 0 unspecified atom stereocenters. The molecule has 0 bridgehead atoms. The summed E-state index contributed by atoms with van der Waals surface area (Å²) in [5, 5.41) is 1.93. The van der Waals surface area contributed by atoms with Crippen molar-refractivity contribution in [1.82, 2.24) is 0 Å². The molecular weight excluding hydrogens is 260 g/mol. The molecule has 2 rings (SSSR count). The fourth-order valence-corrected chi connectivity index (χ4v) is 3.01. The van der Waals surface area contributed by atoms with Gasteiger partial charge in [-0.3, -0.25) is 4.79 Å². The summed E-state index contributed by atoms with van der Waals surface area (Å²) in [5.41, 5.74) is 2.02. The quantitative estimate of drug-likeness (QED) is 0.596. The number of benzene rings is 1. The van der Waals surface area contributed by atoms with E-state index < -0.39 is 0 Å². The molecule has 0 aliphatic carbocycles. The van der Waals surface area contributed by atoms with Crippen LogP contribution in [0.25, 0.3) is 10.1 Å². The van der Waals surface area contributed by atoms with E-state index >= 15 is 0 Å². The van der Waals surface area contributed by atoms with Crippen molar-refractivity contribution in [2.24, 2.45) is 0 Å². The van der Waals surface area contributed by atoms with E-state index in [2.05, 4.69) is 28.9 Å². The van der Waals surface area contributed by atoms with Gasteiger partial charge in [-0.25, -0.2) is 0 Å². The molecule has 1 nitrogen and oxygen atoms in total. The van der Waals surface area contributed by atoms with Crippen molar-refractivity contribution in [2.45, 2.75) is 12.3 Å². The van der Waals surface area contributed by atoms with E-state index in [4.69, 9.17) is 0 Å². The van der Waals surface area contributed by atoms with Crippen LogP contribution in [0.1, 0.15) is 20.8 Å². The summed E-state index contributed by atoms with van der Waals surface area (Å²) in [5.74, 6) is 0. The van der Waals surface area contributed by atoms with Crippen molar-refractivity contribution in [3.8, 4) is 0 Å². The molecule has 0 radical (unpaired) electrons. The van der Waals surface area contributed by atoms with Crippen LogP contribution in [0.3, 0.4) is 0 Å². The summed E-state index contributed by atoms with van der Waals surface area (Å²) in [4.78, 5) is 12.1. The van der Waals surface area contributed by atoms with Crippen LogP contribution in [0.2, 0.25) is 0 Å². The lowest BCUT2D eigenvalue weighted by Gasteiger charge is -1.96. The number of halogens is 1. The molecule has 0 aliphatic heterocycles. The zero-order valence-corrected chi connectivity index (χ0v) is 10.1.